The van der Waals surface area contributed by atoms with Crippen molar-refractivity contribution in [3.05, 3.63) is 33.8 Å². The zero-order valence-electron chi connectivity index (χ0n) is 8.22. The Morgan fingerprint density at radius 2 is 2.00 bits per heavy atom. The van der Waals surface area contributed by atoms with Crippen molar-refractivity contribution in [1.29, 1.82) is 0 Å². The topological polar surface area (TPSA) is 9.23 Å². The van der Waals surface area contributed by atoms with Crippen LogP contribution < -0.4 is 0 Å². The molecule has 1 aromatic carbocycles. The van der Waals surface area contributed by atoms with Gasteiger partial charge in [0.05, 0.1) is 6.61 Å². The molecule has 0 atom stereocenters. The lowest BCUT2D eigenvalue weighted by molar-refractivity contribution is 0.138. The average Bonchev–Trinajstić information content (AvgIpc) is 2.15. The lowest BCUT2D eigenvalue weighted by Crippen LogP contribution is -1.99. The van der Waals surface area contributed by atoms with E-state index in [2.05, 4.69) is 6.92 Å². The molecule has 0 aliphatic heterocycles. The molecule has 0 aliphatic carbocycles. The van der Waals surface area contributed by atoms with Crippen molar-refractivity contribution < 1.29 is 4.74 Å². The van der Waals surface area contributed by atoms with Gasteiger partial charge in [-0.2, -0.15) is 0 Å². The Kier molecular flexibility index (Phi) is 5.31. The smallest absolute Gasteiger partial charge is 0.0506 e. The van der Waals surface area contributed by atoms with E-state index in [0.29, 0.717) is 5.02 Å². The fraction of sp³-hybridized carbons (Fsp3) is 0.455. The Hall–Kier alpha value is -0.240. The van der Waals surface area contributed by atoms with Gasteiger partial charge < -0.3 is 4.74 Å². The highest BCUT2D eigenvalue weighted by Crippen LogP contribution is 2.21. The Balaban J connectivity index is 2.42. The van der Waals surface area contributed by atoms with Gasteiger partial charge in [-0.3, -0.25) is 0 Å². The fourth-order valence-electron chi connectivity index (χ4n) is 1.15. The SMILES string of the molecule is CCCOCCc1ccc(Cl)cc1Cl. The minimum atomic E-state index is 0.674. The molecule has 1 aromatic rings. The molecule has 0 spiro atoms. The van der Waals surface area contributed by atoms with E-state index in [0.717, 1.165) is 36.6 Å². The summed E-state index contributed by atoms with van der Waals surface area (Å²) in [7, 11) is 0. The first-order chi connectivity index (χ1) is 6.74. The van der Waals surface area contributed by atoms with Crippen molar-refractivity contribution >= 4 is 23.2 Å². The quantitative estimate of drug-likeness (QED) is 0.699. The van der Waals surface area contributed by atoms with E-state index >= 15 is 0 Å². The van der Waals surface area contributed by atoms with E-state index in [1.807, 2.05) is 12.1 Å². The number of hydrogen-bond acceptors (Lipinski definition) is 1. The van der Waals surface area contributed by atoms with Gasteiger partial charge in [-0.25, -0.2) is 0 Å². The summed E-state index contributed by atoms with van der Waals surface area (Å²) in [5, 5.41) is 1.39. The maximum absolute atomic E-state index is 6.00. The van der Waals surface area contributed by atoms with Crippen LogP contribution in [-0.2, 0) is 11.2 Å². The summed E-state index contributed by atoms with van der Waals surface area (Å²) in [6, 6.07) is 5.56. The molecule has 0 bridgehead atoms. The molecule has 0 heterocycles. The number of rotatable bonds is 5. The Morgan fingerprint density at radius 1 is 1.21 bits per heavy atom. The van der Waals surface area contributed by atoms with E-state index in [9.17, 15) is 0 Å². The van der Waals surface area contributed by atoms with Gasteiger partial charge in [0.1, 0.15) is 0 Å². The molecule has 14 heavy (non-hydrogen) atoms. The lowest BCUT2D eigenvalue weighted by Gasteiger charge is -2.05. The highest BCUT2D eigenvalue weighted by Gasteiger charge is 2.00. The Morgan fingerprint density at radius 3 is 2.64 bits per heavy atom. The first-order valence-corrected chi connectivity index (χ1v) is 5.51. The van der Waals surface area contributed by atoms with Gasteiger partial charge in [0.2, 0.25) is 0 Å². The molecule has 1 rings (SSSR count). The van der Waals surface area contributed by atoms with Crippen molar-refractivity contribution in [2.24, 2.45) is 0 Å². The zero-order valence-corrected chi connectivity index (χ0v) is 9.74. The number of benzene rings is 1. The highest BCUT2D eigenvalue weighted by molar-refractivity contribution is 6.35. The number of hydrogen-bond donors (Lipinski definition) is 0. The van der Waals surface area contributed by atoms with Crippen molar-refractivity contribution in [3.8, 4) is 0 Å². The normalized spacial score (nSPS) is 10.5. The third-order valence-electron chi connectivity index (χ3n) is 1.88. The summed E-state index contributed by atoms with van der Waals surface area (Å²) in [4.78, 5) is 0. The van der Waals surface area contributed by atoms with Crippen molar-refractivity contribution in [2.75, 3.05) is 13.2 Å². The van der Waals surface area contributed by atoms with Crippen LogP contribution in [0.3, 0.4) is 0 Å². The van der Waals surface area contributed by atoms with Crippen LogP contribution in [0.15, 0.2) is 18.2 Å². The van der Waals surface area contributed by atoms with E-state index < -0.39 is 0 Å². The highest BCUT2D eigenvalue weighted by atomic mass is 35.5. The monoisotopic (exact) mass is 232 g/mol. The fourth-order valence-corrected chi connectivity index (χ4v) is 1.66. The molecule has 0 saturated carbocycles. The van der Waals surface area contributed by atoms with Crippen molar-refractivity contribution in [3.63, 3.8) is 0 Å². The van der Waals surface area contributed by atoms with E-state index in [1.165, 1.54) is 0 Å². The summed E-state index contributed by atoms with van der Waals surface area (Å²) in [5.41, 5.74) is 1.09. The second-order valence-corrected chi connectivity index (χ2v) is 3.94. The van der Waals surface area contributed by atoms with Crippen molar-refractivity contribution in [2.45, 2.75) is 19.8 Å². The molecule has 0 aromatic heterocycles. The Bertz CT molecular complexity index is 287. The van der Waals surface area contributed by atoms with Crippen LogP contribution in [0.25, 0.3) is 0 Å². The molecule has 3 heteroatoms. The predicted molar refractivity (Wildman–Crippen MR) is 61.3 cm³/mol. The van der Waals surface area contributed by atoms with E-state index in [-0.39, 0.29) is 0 Å². The minimum Gasteiger partial charge on any atom is -0.381 e. The summed E-state index contributed by atoms with van der Waals surface area (Å²) in [6.45, 7) is 3.62. The average molecular weight is 233 g/mol. The first kappa shape index (κ1) is 11.8. The Labute approximate surface area is 95.0 Å². The first-order valence-electron chi connectivity index (χ1n) is 4.75. The van der Waals surface area contributed by atoms with E-state index in [4.69, 9.17) is 27.9 Å². The molecule has 0 amide bonds. The van der Waals surface area contributed by atoms with Crippen LogP contribution >= 0.6 is 23.2 Å². The van der Waals surface area contributed by atoms with Gasteiger partial charge in [0, 0.05) is 16.7 Å². The summed E-state index contributed by atoms with van der Waals surface area (Å²) < 4.78 is 5.38. The standard InChI is InChI=1S/C11H14Cl2O/c1-2-6-14-7-5-9-3-4-10(12)8-11(9)13/h3-4,8H,2,5-7H2,1H3. The molecule has 0 saturated heterocycles. The molecule has 0 N–H and O–H groups in total. The van der Waals surface area contributed by atoms with Gasteiger partial charge in [-0.1, -0.05) is 36.2 Å². The van der Waals surface area contributed by atoms with Crippen LogP contribution in [0.4, 0.5) is 0 Å². The number of ether oxygens (including phenoxy) is 1. The predicted octanol–water partition coefficient (Wildman–Crippen LogP) is 3.96. The van der Waals surface area contributed by atoms with Crippen LogP contribution in [0, 0.1) is 0 Å². The van der Waals surface area contributed by atoms with Crippen LogP contribution in [0.1, 0.15) is 18.9 Å². The maximum Gasteiger partial charge on any atom is 0.0506 e. The van der Waals surface area contributed by atoms with Crippen LogP contribution in [0.5, 0.6) is 0 Å². The summed E-state index contributed by atoms with van der Waals surface area (Å²) >= 11 is 11.8. The molecule has 0 radical (unpaired) electrons. The molecule has 0 unspecified atom stereocenters. The zero-order chi connectivity index (χ0) is 10.4. The molecular weight excluding hydrogens is 219 g/mol. The van der Waals surface area contributed by atoms with Crippen LogP contribution in [-0.4, -0.2) is 13.2 Å². The minimum absolute atomic E-state index is 0.674. The van der Waals surface area contributed by atoms with Gasteiger partial charge in [0.15, 0.2) is 0 Å². The van der Waals surface area contributed by atoms with Gasteiger partial charge in [0.25, 0.3) is 0 Å². The van der Waals surface area contributed by atoms with E-state index in [1.54, 1.807) is 6.07 Å². The third kappa shape index (κ3) is 3.87. The largest absolute Gasteiger partial charge is 0.381 e. The second-order valence-electron chi connectivity index (χ2n) is 3.10. The number of halogens is 2. The summed E-state index contributed by atoms with van der Waals surface area (Å²) in [6.07, 6.45) is 1.89. The van der Waals surface area contributed by atoms with Gasteiger partial charge in [-0.15, -0.1) is 0 Å². The van der Waals surface area contributed by atoms with Crippen molar-refractivity contribution in [1.82, 2.24) is 0 Å². The molecule has 0 fully saturated rings. The van der Waals surface area contributed by atoms with Gasteiger partial charge >= 0.3 is 0 Å². The summed E-state index contributed by atoms with van der Waals surface area (Å²) in [5.74, 6) is 0. The molecular formula is C11H14Cl2O. The molecule has 78 valence electrons. The maximum atomic E-state index is 6.00. The third-order valence-corrected chi connectivity index (χ3v) is 2.47. The molecule has 1 nitrogen and oxygen atoms in total. The van der Waals surface area contributed by atoms with Gasteiger partial charge in [-0.05, 0) is 30.5 Å². The second kappa shape index (κ2) is 6.28. The van der Waals surface area contributed by atoms with Crippen LogP contribution in [0.2, 0.25) is 10.0 Å². The lowest BCUT2D eigenvalue weighted by atomic mass is 10.2. The molecule has 0 aliphatic rings.